The van der Waals surface area contributed by atoms with Crippen LogP contribution in [0.25, 0.3) is 0 Å². The van der Waals surface area contributed by atoms with Crippen LogP contribution in [-0.2, 0) is 19.8 Å². The molecule has 0 aromatic heterocycles. The zero-order chi connectivity index (χ0) is 25.4. The predicted octanol–water partition coefficient (Wildman–Crippen LogP) is 5.82. The first-order chi connectivity index (χ1) is 17.3. The highest BCUT2D eigenvalue weighted by Gasteiger charge is 2.60. The van der Waals surface area contributed by atoms with E-state index >= 15 is 0 Å². The molecule has 5 rings (SSSR count). The molecule has 0 bridgehead atoms. The molecule has 186 valence electrons. The molecule has 6 nitrogen and oxygen atoms in total. The van der Waals surface area contributed by atoms with Gasteiger partial charge < -0.3 is 4.74 Å². The topological polar surface area (TPSA) is 59.1 Å². The maximum Gasteiger partial charge on any atom is 0.266 e. The number of hydrogen-bond donors (Lipinski definition) is 0. The van der Waals surface area contributed by atoms with Crippen LogP contribution in [-0.4, -0.2) is 24.5 Å². The minimum absolute atomic E-state index is 0.00923. The van der Waals surface area contributed by atoms with Crippen molar-refractivity contribution in [3.8, 4) is 5.75 Å². The Morgan fingerprint density at radius 3 is 2.11 bits per heavy atom. The van der Waals surface area contributed by atoms with Crippen molar-refractivity contribution in [2.45, 2.75) is 51.7 Å². The van der Waals surface area contributed by atoms with Crippen LogP contribution in [0.15, 0.2) is 78.9 Å². The highest BCUT2D eigenvalue weighted by atomic mass is 16.7. The molecule has 3 atom stereocenters. The normalized spacial score (nSPS) is 21.7. The summed E-state index contributed by atoms with van der Waals surface area (Å²) >= 11 is 0. The number of fused-ring (bicyclic) bond motifs is 1. The first-order valence-corrected chi connectivity index (χ1v) is 12.5. The van der Waals surface area contributed by atoms with Gasteiger partial charge in [0.1, 0.15) is 11.7 Å². The molecule has 2 aliphatic heterocycles. The summed E-state index contributed by atoms with van der Waals surface area (Å²) in [5, 5.41) is 1.73. The van der Waals surface area contributed by atoms with Crippen molar-refractivity contribution < 1.29 is 19.2 Å². The summed E-state index contributed by atoms with van der Waals surface area (Å²) in [6, 6.07) is 24.6. The van der Waals surface area contributed by atoms with Gasteiger partial charge in [-0.15, -0.1) is 0 Å². The standard InChI is InChI=1S/C30H32N2O4/c1-5-19-35-24-17-15-22(16-18-24)31-28(33)25-26(20-11-13-21(14-12-20)30(2,3)4)32(36-27(25)29(31)34)23-9-7-6-8-10-23/h6-18,25-27H,5,19H2,1-4H3/t25-,26+,27+/m1/s1. The van der Waals surface area contributed by atoms with Gasteiger partial charge in [0, 0.05) is 0 Å². The fraction of sp³-hybridized carbons (Fsp3) is 0.333. The van der Waals surface area contributed by atoms with Gasteiger partial charge in [-0.05, 0) is 59.4 Å². The Bertz CT molecular complexity index is 1230. The van der Waals surface area contributed by atoms with Gasteiger partial charge in [-0.25, -0.2) is 9.96 Å². The van der Waals surface area contributed by atoms with Crippen molar-refractivity contribution in [1.82, 2.24) is 0 Å². The Morgan fingerprint density at radius 2 is 1.50 bits per heavy atom. The fourth-order valence-electron chi connectivity index (χ4n) is 4.90. The second-order valence-corrected chi connectivity index (χ2v) is 10.4. The van der Waals surface area contributed by atoms with Gasteiger partial charge >= 0.3 is 0 Å². The fourth-order valence-corrected chi connectivity index (χ4v) is 4.90. The summed E-state index contributed by atoms with van der Waals surface area (Å²) in [7, 11) is 0. The monoisotopic (exact) mass is 484 g/mol. The number of benzene rings is 3. The number of carbonyl (C=O) groups excluding carboxylic acids is 2. The van der Waals surface area contributed by atoms with E-state index in [9.17, 15) is 9.59 Å². The second-order valence-electron chi connectivity index (χ2n) is 10.4. The second kappa shape index (κ2) is 9.43. The Morgan fingerprint density at radius 1 is 0.833 bits per heavy atom. The zero-order valence-electron chi connectivity index (χ0n) is 21.2. The van der Waals surface area contributed by atoms with Crippen LogP contribution >= 0.6 is 0 Å². The summed E-state index contributed by atoms with van der Waals surface area (Å²) in [6.07, 6.45) is 0.0164. The highest BCUT2D eigenvalue weighted by molar-refractivity contribution is 6.23. The zero-order valence-corrected chi connectivity index (χ0v) is 21.2. The molecule has 2 heterocycles. The molecule has 0 radical (unpaired) electrons. The third-order valence-electron chi connectivity index (χ3n) is 6.81. The van der Waals surface area contributed by atoms with Crippen LogP contribution in [0.2, 0.25) is 0 Å². The van der Waals surface area contributed by atoms with Crippen LogP contribution in [0, 0.1) is 5.92 Å². The molecule has 0 spiro atoms. The van der Waals surface area contributed by atoms with Gasteiger partial charge in [-0.1, -0.05) is 70.2 Å². The SMILES string of the molecule is CCCOc1ccc(N2C(=O)[C@H]3[C@H](ON(c4ccccc4)[C@H]3c3ccc(C(C)(C)C)cc3)C2=O)cc1. The molecule has 2 fully saturated rings. The van der Waals surface area contributed by atoms with Crippen molar-refractivity contribution in [3.63, 3.8) is 0 Å². The number of ether oxygens (including phenoxy) is 1. The molecular formula is C30H32N2O4. The van der Waals surface area contributed by atoms with Crippen LogP contribution in [0.4, 0.5) is 11.4 Å². The number of imide groups is 1. The van der Waals surface area contributed by atoms with E-state index < -0.39 is 18.1 Å². The van der Waals surface area contributed by atoms with Gasteiger partial charge in [-0.3, -0.25) is 14.4 Å². The lowest BCUT2D eigenvalue weighted by Gasteiger charge is -2.29. The summed E-state index contributed by atoms with van der Waals surface area (Å²) in [5.41, 5.74) is 3.48. The minimum Gasteiger partial charge on any atom is -0.494 e. The lowest BCUT2D eigenvalue weighted by Crippen LogP contribution is -2.37. The molecular weight excluding hydrogens is 452 g/mol. The molecule has 0 N–H and O–H groups in total. The van der Waals surface area contributed by atoms with Crippen molar-refractivity contribution in [1.29, 1.82) is 0 Å². The lowest BCUT2D eigenvalue weighted by atomic mass is 9.84. The van der Waals surface area contributed by atoms with Gasteiger partial charge in [0.2, 0.25) is 5.91 Å². The Labute approximate surface area is 212 Å². The van der Waals surface area contributed by atoms with E-state index in [1.807, 2.05) is 49.4 Å². The number of amides is 2. The summed E-state index contributed by atoms with van der Waals surface area (Å²) in [4.78, 5) is 34.8. The van der Waals surface area contributed by atoms with E-state index in [2.05, 4.69) is 32.9 Å². The average Bonchev–Trinajstić information content (AvgIpc) is 3.39. The van der Waals surface area contributed by atoms with Crippen molar-refractivity contribution in [3.05, 3.63) is 90.0 Å². The van der Waals surface area contributed by atoms with Crippen LogP contribution < -0.4 is 14.7 Å². The molecule has 2 amide bonds. The number of nitrogens with zero attached hydrogens (tertiary/aromatic N) is 2. The van der Waals surface area contributed by atoms with Gasteiger partial charge in [0.25, 0.3) is 5.91 Å². The maximum absolute atomic E-state index is 13.8. The third kappa shape index (κ3) is 4.26. The van der Waals surface area contributed by atoms with Gasteiger partial charge in [0.15, 0.2) is 6.10 Å². The van der Waals surface area contributed by atoms with Crippen molar-refractivity contribution in [2.75, 3.05) is 16.6 Å². The summed E-state index contributed by atoms with van der Waals surface area (Å²) in [6.45, 7) is 9.16. The number of rotatable bonds is 6. The van der Waals surface area contributed by atoms with Crippen molar-refractivity contribution in [2.24, 2.45) is 5.92 Å². The quantitative estimate of drug-likeness (QED) is 0.413. The Hall–Kier alpha value is -3.64. The van der Waals surface area contributed by atoms with Crippen LogP contribution in [0.1, 0.15) is 51.3 Å². The minimum atomic E-state index is -0.888. The Kier molecular flexibility index (Phi) is 6.31. The smallest absolute Gasteiger partial charge is 0.266 e. The third-order valence-corrected chi connectivity index (χ3v) is 6.81. The molecule has 0 unspecified atom stereocenters. The van der Waals surface area contributed by atoms with Gasteiger partial charge in [0.05, 0.1) is 24.0 Å². The molecule has 3 aromatic rings. The van der Waals surface area contributed by atoms with E-state index in [0.717, 1.165) is 17.7 Å². The number of anilines is 2. The number of hydrogen-bond acceptors (Lipinski definition) is 5. The number of hydroxylamine groups is 1. The predicted molar refractivity (Wildman–Crippen MR) is 140 cm³/mol. The Balaban J connectivity index is 1.50. The molecule has 36 heavy (non-hydrogen) atoms. The lowest BCUT2D eigenvalue weighted by molar-refractivity contribution is -0.126. The largest absolute Gasteiger partial charge is 0.494 e. The van der Waals surface area contributed by atoms with E-state index in [1.165, 1.54) is 10.5 Å². The first-order valence-electron chi connectivity index (χ1n) is 12.5. The number of para-hydroxylation sites is 1. The van der Waals surface area contributed by atoms with Gasteiger partial charge in [-0.2, -0.15) is 0 Å². The summed E-state index contributed by atoms with van der Waals surface area (Å²) in [5.74, 6) is -0.546. The molecule has 0 aliphatic carbocycles. The molecule has 6 heteroatoms. The summed E-state index contributed by atoms with van der Waals surface area (Å²) < 4.78 is 5.65. The molecule has 2 saturated heterocycles. The number of carbonyl (C=O) groups is 2. The first kappa shape index (κ1) is 24.1. The highest BCUT2D eigenvalue weighted by Crippen LogP contribution is 2.47. The maximum atomic E-state index is 13.8. The van der Waals surface area contributed by atoms with E-state index in [-0.39, 0.29) is 17.2 Å². The van der Waals surface area contributed by atoms with Crippen molar-refractivity contribution >= 4 is 23.2 Å². The van der Waals surface area contributed by atoms with Crippen LogP contribution in [0.3, 0.4) is 0 Å². The van der Waals surface area contributed by atoms with E-state index in [4.69, 9.17) is 9.57 Å². The van der Waals surface area contributed by atoms with E-state index in [0.29, 0.717) is 18.0 Å². The van der Waals surface area contributed by atoms with Crippen LogP contribution in [0.5, 0.6) is 5.75 Å². The molecule has 0 saturated carbocycles. The van der Waals surface area contributed by atoms with E-state index in [1.54, 1.807) is 29.3 Å². The average molecular weight is 485 g/mol. The molecule has 2 aliphatic rings. The molecule has 3 aromatic carbocycles.